The van der Waals surface area contributed by atoms with Gasteiger partial charge in [0.05, 0.1) is 6.34 Å². The summed E-state index contributed by atoms with van der Waals surface area (Å²) in [6.07, 6.45) is 1.70. The van der Waals surface area contributed by atoms with Crippen LogP contribution in [-0.2, 0) is 0 Å². The molecular formula is C2H5BrN2S. The molecule has 0 saturated carbocycles. The maximum atomic E-state index is 3.81. The summed E-state index contributed by atoms with van der Waals surface area (Å²) in [5.41, 5.74) is 0. The van der Waals surface area contributed by atoms with E-state index in [4.69, 9.17) is 0 Å². The van der Waals surface area contributed by atoms with Crippen molar-refractivity contribution in [3.63, 3.8) is 0 Å². The van der Waals surface area contributed by atoms with Crippen LogP contribution < -0.4 is 4.72 Å². The van der Waals surface area contributed by atoms with Crippen LogP contribution in [0.5, 0.6) is 0 Å². The summed E-state index contributed by atoms with van der Waals surface area (Å²) < 4.78 is 2.85. The number of hydrogen-bond acceptors (Lipinski definition) is 3. The van der Waals surface area contributed by atoms with Gasteiger partial charge in [-0.1, -0.05) is 0 Å². The lowest BCUT2D eigenvalue weighted by molar-refractivity contribution is 1.42. The first-order valence-electron chi connectivity index (χ1n) is 1.36. The third kappa shape index (κ3) is 1.67. The van der Waals surface area contributed by atoms with Crippen LogP contribution in [0.4, 0.5) is 0 Å². The molecule has 36 valence electrons. The topological polar surface area (TPSA) is 24.4 Å². The number of hydrogen-bond donors (Lipinski definition) is 1. The lowest BCUT2D eigenvalue weighted by atomic mass is 11.3. The molecule has 1 aliphatic heterocycles. The van der Waals surface area contributed by atoms with Crippen LogP contribution >= 0.6 is 28.9 Å². The van der Waals surface area contributed by atoms with Crippen molar-refractivity contribution >= 4 is 35.3 Å². The lowest BCUT2D eigenvalue weighted by Crippen LogP contribution is -1.87. The molecule has 0 radical (unpaired) electrons. The molecule has 2 nitrogen and oxygen atoms in total. The Balaban J connectivity index is 0.000000250. The fourth-order valence-corrected chi connectivity index (χ4v) is 0.559. The molecule has 0 saturated heterocycles. The minimum atomic E-state index is 0. The van der Waals surface area contributed by atoms with Gasteiger partial charge in [-0.05, 0) is 11.9 Å². The van der Waals surface area contributed by atoms with Gasteiger partial charge in [0.2, 0.25) is 0 Å². The Morgan fingerprint density at radius 2 is 2.67 bits per heavy atom. The van der Waals surface area contributed by atoms with Crippen LogP contribution in [0.15, 0.2) is 4.99 Å². The molecule has 1 rings (SSSR count). The third-order valence-electron chi connectivity index (χ3n) is 0.366. The molecule has 1 heterocycles. The highest BCUT2D eigenvalue weighted by molar-refractivity contribution is 8.93. The molecule has 0 bridgehead atoms. The SMILES string of the molecule is Br.C1=NCSN1. The van der Waals surface area contributed by atoms with Crippen molar-refractivity contribution in [1.29, 1.82) is 0 Å². The lowest BCUT2D eigenvalue weighted by Gasteiger charge is -1.74. The summed E-state index contributed by atoms with van der Waals surface area (Å²) in [7, 11) is 0. The zero-order valence-corrected chi connectivity index (χ0v) is 5.58. The summed E-state index contributed by atoms with van der Waals surface area (Å²) in [6.45, 7) is 0. The number of halogens is 1. The van der Waals surface area contributed by atoms with Crippen LogP contribution in [0.3, 0.4) is 0 Å². The first-order valence-corrected chi connectivity index (χ1v) is 2.34. The van der Waals surface area contributed by atoms with Gasteiger partial charge in [-0.15, -0.1) is 17.0 Å². The average molecular weight is 169 g/mol. The average Bonchev–Trinajstić information content (AvgIpc) is 1.76. The summed E-state index contributed by atoms with van der Waals surface area (Å²) in [6, 6.07) is 0. The highest BCUT2D eigenvalue weighted by atomic mass is 79.9. The fourth-order valence-electron chi connectivity index (χ4n) is 0.186. The largest absolute Gasteiger partial charge is 0.319 e. The van der Waals surface area contributed by atoms with Crippen molar-refractivity contribution in [1.82, 2.24) is 4.72 Å². The molecule has 0 aliphatic carbocycles. The molecule has 0 spiro atoms. The van der Waals surface area contributed by atoms with E-state index in [0.717, 1.165) is 5.88 Å². The van der Waals surface area contributed by atoms with Gasteiger partial charge < -0.3 is 4.72 Å². The molecule has 0 aromatic heterocycles. The summed E-state index contributed by atoms with van der Waals surface area (Å²) in [5, 5.41) is 0. The van der Waals surface area contributed by atoms with E-state index in [1.807, 2.05) is 0 Å². The summed E-state index contributed by atoms with van der Waals surface area (Å²) >= 11 is 1.60. The van der Waals surface area contributed by atoms with Crippen LogP contribution in [0.2, 0.25) is 0 Å². The molecule has 1 N–H and O–H groups in total. The fraction of sp³-hybridized carbons (Fsp3) is 0.500. The van der Waals surface area contributed by atoms with E-state index < -0.39 is 0 Å². The smallest absolute Gasteiger partial charge is 0.106 e. The standard InChI is InChI=1S/C2H4N2S.BrH/c1-3-2-5-4-1;/h1H,2H2,(H,3,4);1H. The van der Waals surface area contributed by atoms with Crippen LogP contribution in [-0.4, -0.2) is 12.2 Å². The van der Waals surface area contributed by atoms with Crippen molar-refractivity contribution in [2.75, 3.05) is 5.88 Å². The van der Waals surface area contributed by atoms with Crippen molar-refractivity contribution in [2.45, 2.75) is 0 Å². The Hall–Kier alpha value is 0.300. The van der Waals surface area contributed by atoms with Gasteiger partial charge in [0.15, 0.2) is 0 Å². The second-order valence-corrected chi connectivity index (χ2v) is 1.49. The highest BCUT2D eigenvalue weighted by Crippen LogP contribution is 1.94. The van der Waals surface area contributed by atoms with E-state index in [-0.39, 0.29) is 17.0 Å². The molecular weight excluding hydrogens is 164 g/mol. The quantitative estimate of drug-likeness (QED) is 0.542. The Kier molecular flexibility index (Phi) is 3.66. The third-order valence-corrected chi connectivity index (χ3v) is 0.917. The molecule has 0 atom stereocenters. The van der Waals surface area contributed by atoms with Crippen LogP contribution in [0.25, 0.3) is 0 Å². The van der Waals surface area contributed by atoms with Gasteiger partial charge in [0, 0.05) is 0 Å². The minimum absolute atomic E-state index is 0. The second kappa shape index (κ2) is 3.49. The number of nitrogens with zero attached hydrogens (tertiary/aromatic N) is 1. The Labute approximate surface area is 51.3 Å². The zero-order chi connectivity index (χ0) is 3.54. The molecule has 0 aromatic carbocycles. The first kappa shape index (κ1) is 6.30. The normalized spacial score (nSPS) is 16.0. The first-order chi connectivity index (χ1) is 2.50. The van der Waals surface area contributed by atoms with Gasteiger partial charge in [-0.2, -0.15) is 0 Å². The van der Waals surface area contributed by atoms with E-state index in [2.05, 4.69) is 9.71 Å². The molecule has 4 heteroatoms. The van der Waals surface area contributed by atoms with E-state index in [1.165, 1.54) is 0 Å². The van der Waals surface area contributed by atoms with Gasteiger partial charge in [-0.3, -0.25) is 4.99 Å². The van der Waals surface area contributed by atoms with Crippen molar-refractivity contribution in [3.05, 3.63) is 0 Å². The van der Waals surface area contributed by atoms with E-state index >= 15 is 0 Å². The van der Waals surface area contributed by atoms with Gasteiger partial charge in [-0.25, -0.2) is 0 Å². The Bertz CT molecular complexity index is 49.5. The molecule has 6 heavy (non-hydrogen) atoms. The highest BCUT2D eigenvalue weighted by Gasteiger charge is 1.83. The van der Waals surface area contributed by atoms with Gasteiger partial charge >= 0.3 is 0 Å². The van der Waals surface area contributed by atoms with Crippen molar-refractivity contribution in [2.24, 2.45) is 4.99 Å². The minimum Gasteiger partial charge on any atom is -0.319 e. The zero-order valence-electron chi connectivity index (χ0n) is 3.05. The number of aliphatic imine (C=N–C) groups is 1. The summed E-state index contributed by atoms with van der Waals surface area (Å²) in [4.78, 5) is 3.81. The maximum absolute atomic E-state index is 3.81. The summed E-state index contributed by atoms with van der Waals surface area (Å²) in [5.74, 6) is 0.875. The van der Waals surface area contributed by atoms with Gasteiger partial charge in [0.1, 0.15) is 5.88 Å². The number of rotatable bonds is 0. The van der Waals surface area contributed by atoms with E-state index in [9.17, 15) is 0 Å². The Morgan fingerprint density at radius 3 is 2.83 bits per heavy atom. The van der Waals surface area contributed by atoms with E-state index in [1.54, 1.807) is 18.3 Å². The predicted octanol–water partition coefficient (Wildman–Crippen LogP) is 0.801. The second-order valence-electron chi connectivity index (χ2n) is 0.703. The van der Waals surface area contributed by atoms with Crippen LogP contribution in [0.1, 0.15) is 0 Å². The maximum Gasteiger partial charge on any atom is 0.106 e. The molecule has 0 unspecified atom stereocenters. The number of nitrogens with one attached hydrogen (secondary N) is 1. The molecule has 0 amide bonds. The van der Waals surface area contributed by atoms with Crippen molar-refractivity contribution in [3.8, 4) is 0 Å². The van der Waals surface area contributed by atoms with Gasteiger partial charge in [0.25, 0.3) is 0 Å². The monoisotopic (exact) mass is 168 g/mol. The van der Waals surface area contributed by atoms with Crippen molar-refractivity contribution < 1.29 is 0 Å². The molecule has 0 aromatic rings. The van der Waals surface area contributed by atoms with Crippen LogP contribution in [0, 0.1) is 0 Å². The Morgan fingerprint density at radius 1 is 1.83 bits per heavy atom. The molecule has 1 aliphatic rings. The molecule has 0 fully saturated rings. The van der Waals surface area contributed by atoms with E-state index in [0.29, 0.717) is 0 Å². The predicted molar refractivity (Wildman–Crippen MR) is 34.4 cm³/mol.